The number of nitrogens with zero attached hydrogens (tertiary/aromatic N) is 1. The number of urea groups is 1. The molecular weight excluding hydrogens is 371 g/mol. The predicted molar refractivity (Wildman–Crippen MR) is 85.3 cm³/mol. The molecule has 0 aromatic heterocycles. The minimum Gasteiger partial charge on any atom is -0.305 e. The summed E-state index contributed by atoms with van der Waals surface area (Å²) in [6, 6.07) is 6.16. The van der Waals surface area contributed by atoms with Gasteiger partial charge in [-0.25, -0.2) is 9.18 Å². The number of hydrogen-bond acceptors (Lipinski definition) is 1. The van der Waals surface area contributed by atoms with Crippen molar-refractivity contribution in [1.29, 1.82) is 0 Å². The standard InChI is InChI=1S/C15H10Cl2F4N2O/c1-23(8-5-6-10(16)9(7-8)15(19,20)21)14(24)22-12-4-2-3-11(17)13(12)18/h2-7H,1H3,(H,22,24). The van der Waals surface area contributed by atoms with E-state index in [0.29, 0.717) is 0 Å². The second-order valence-electron chi connectivity index (χ2n) is 4.75. The monoisotopic (exact) mass is 380 g/mol. The highest BCUT2D eigenvalue weighted by atomic mass is 35.5. The molecule has 0 aliphatic heterocycles. The van der Waals surface area contributed by atoms with Gasteiger partial charge in [0.15, 0.2) is 5.82 Å². The fourth-order valence-electron chi connectivity index (χ4n) is 1.86. The molecule has 128 valence electrons. The molecule has 0 bridgehead atoms. The largest absolute Gasteiger partial charge is 0.417 e. The zero-order valence-corrected chi connectivity index (χ0v) is 13.6. The summed E-state index contributed by atoms with van der Waals surface area (Å²) in [6.45, 7) is 0. The van der Waals surface area contributed by atoms with E-state index in [2.05, 4.69) is 5.32 Å². The van der Waals surface area contributed by atoms with E-state index in [1.807, 2.05) is 0 Å². The summed E-state index contributed by atoms with van der Waals surface area (Å²) < 4.78 is 52.4. The summed E-state index contributed by atoms with van der Waals surface area (Å²) in [5.41, 5.74) is -1.33. The third-order valence-corrected chi connectivity index (χ3v) is 3.76. The van der Waals surface area contributed by atoms with Crippen molar-refractivity contribution in [1.82, 2.24) is 0 Å². The number of carbonyl (C=O) groups excluding carboxylic acids is 1. The molecule has 0 saturated carbocycles. The smallest absolute Gasteiger partial charge is 0.305 e. The van der Waals surface area contributed by atoms with Gasteiger partial charge < -0.3 is 5.32 Å². The summed E-state index contributed by atoms with van der Waals surface area (Å²) in [5.74, 6) is -0.840. The van der Waals surface area contributed by atoms with Crippen molar-refractivity contribution in [3.8, 4) is 0 Å². The number of hydrogen-bond donors (Lipinski definition) is 1. The van der Waals surface area contributed by atoms with Gasteiger partial charge in [-0.15, -0.1) is 0 Å². The molecule has 0 heterocycles. The molecule has 24 heavy (non-hydrogen) atoms. The zero-order chi connectivity index (χ0) is 18.1. The van der Waals surface area contributed by atoms with Crippen molar-refractivity contribution < 1.29 is 22.4 Å². The molecule has 1 N–H and O–H groups in total. The molecule has 0 radical (unpaired) electrons. The molecule has 0 saturated heterocycles. The Morgan fingerprint density at radius 2 is 1.79 bits per heavy atom. The van der Waals surface area contributed by atoms with Gasteiger partial charge in [0.2, 0.25) is 0 Å². The highest BCUT2D eigenvalue weighted by Crippen LogP contribution is 2.37. The first-order valence-electron chi connectivity index (χ1n) is 6.46. The third-order valence-electron chi connectivity index (χ3n) is 3.14. The Bertz CT molecular complexity index is 781. The summed E-state index contributed by atoms with van der Waals surface area (Å²) >= 11 is 11.1. The SMILES string of the molecule is CN(C(=O)Nc1cccc(Cl)c1F)c1ccc(Cl)c(C(F)(F)F)c1. The number of carbonyl (C=O) groups is 1. The van der Waals surface area contributed by atoms with Crippen molar-refractivity contribution in [2.45, 2.75) is 6.18 Å². The van der Waals surface area contributed by atoms with Gasteiger partial charge in [0.05, 0.1) is 21.3 Å². The number of nitrogens with one attached hydrogen (secondary N) is 1. The molecule has 2 aromatic carbocycles. The van der Waals surface area contributed by atoms with Crippen molar-refractivity contribution in [3.63, 3.8) is 0 Å². The van der Waals surface area contributed by atoms with Crippen molar-refractivity contribution >= 4 is 40.6 Å². The van der Waals surface area contributed by atoms with Crippen LogP contribution in [0, 0.1) is 5.82 Å². The number of rotatable bonds is 2. The van der Waals surface area contributed by atoms with Crippen LogP contribution in [0.25, 0.3) is 0 Å². The predicted octanol–water partition coefficient (Wildman–Crippen LogP) is 5.82. The van der Waals surface area contributed by atoms with E-state index in [4.69, 9.17) is 23.2 Å². The summed E-state index contributed by atoms with van der Waals surface area (Å²) in [4.78, 5) is 13.0. The first kappa shape index (κ1) is 18.4. The number of amides is 2. The average Bonchev–Trinajstić information content (AvgIpc) is 2.50. The Hall–Kier alpha value is -1.99. The van der Waals surface area contributed by atoms with E-state index in [-0.39, 0.29) is 16.4 Å². The molecule has 0 fully saturated rings. The van der Waals surface area contributed by atoms with Crippen LogP contribution in [0.1, 0.15) is 5.56 Å². The van der Waals surface area contributed by atoms with Crippen LogP contribution in [0.2, 0.25) is 10.0 Å². The third kappa shape index (κ3) is 3.91. The number of anilines is 2. The molecule has 2 aromatic rings. The Balaban J connectivity index is 2.27. The number of halogens is 6. The van der Waals surface area contributed by atoms with E-state index in [0.717, 1.165) is 17.0 Å². The van der Waals surface area contributed by atoms with Gasteiger partial charge >= 0.3 is 12.2 Å². The van der Waals surface area contributed by atoms with Crippen molar-refractivity contribution in [2.75, 3.05) is 17.3 Å². The van der Waals surface area contributed by atoms with Crippen LogP contribution in [0.15, 0.2) is 36.4 Å². The summed E-state index contributed by atoms with van der Waals surface area (Å²) in [7, 11) is 1.24. The molecule has 0 atom stereocenters. The summed E-state index contributed by atoms with van der Waals surface area (Å²) in [5, 5.41) is 1.56. The van der Waals surface area contributed by atoms with Gasteiger partial charge in [-0.2, -0.15) is 13.2 Å². The first-order valence-corrected chi connectivity index (χ1v) is 7.22. The number of benzene rings is 2. The van der Waals surface area contributed by atoms with Gasteiger partial charge in [0.1, 0.15) is 0 Å². The minimum atomic E-state index is -4.66. The quantitative estimate of drug-likeness (QED) is 0.654. The molecule has 0 aliphatic rings. The fraction of sp³-hybridized carbons (Fsp3) is 0.133. The molecule has 3 nitrogen and oxygen atoms in total. The van der Waals surface area contributed by atoms with Crippen LogP contribution in [0.5, 0.6) is 0 Å². The second-order valence-corrected chi connectivity index (χ2v) is 5.57. The van der Waals surface area contributed by atoms with Crippen molar-refractivity contribution in [2.24, 2.45) is 0 Å². The maximum absolute atomic E-state index is 13.8. The van der Waals surface area contributed by atoms with E-state index in [9.17, 15) is 22.4 Å². The fourth-order valence-corrected chi connectivity index (χ4v) is 2.26. The highest BCUT2D eigenvalue weighted by molar-refractivity contribution is 6.31. The molecule has 0 aliphatic carbocycles. The van der Waals surface area contributed by atoms with Crippen LogP contribution in [-0.2, 0) is 6.18 Å². The van der Waals surface area contributed by atoms with Gasteiger partial charge in [0.25, 0.3) is 0 Å². The Morgan fingerprint density at radius 3 is 2.42 bits per heavy atom. The lowest BCUT2D eigenvalue weighted by atomic mass is 10.2. The van der Waals surface area contributed by atoms with Gasteiger partial charge in [0, 0.05) is 12.7 Å². The molecule has 0 unspecified atom stereocenters. The molecule has 9 heteroatoms. The lowest BCUT2D eigenvalue weighted by Crippen LogP contribution is -2.31. The van der Waals surface area contributed by atoms with Crippen LogP contribution in [0.4, 0.5) is 33.7 Å². The minimum absolute atomic E-state index is 0.0633. The van der Waals surface area contributed by atoms with E-state index in [1.54, 1.807) is 0 Å². The van der Waals surface area contributed by atoms with Crippen LogP contribution < -0.4 is 10.2 Å². The zero-order valence-electron chi connectivity index (χ0n) is 12.1. The van der Waals surface area contributed by atoms with E-state index in [1.165, 1.54) is 31.3 Å². The maximum atomic E-state index is 13.8. The average molecular weight is 381 g/mol. The van der Waals surface area contributed by atoms with Gasteiger partial charge in [-0.3, -0.25) is 4.90 Å². The highest BCUT2D eigenvalue weighted by Gasteiger charge is 2.34. The van der Waals surface area contributed by atoms with Crippen molar-refractivity contribution in [3.05, 3.63) is 57.8 Å². The van der Waals surface area contributed by atoms with E-state index >= 15 is 0 Å². The molecular formula is C15H10Cl2F4N2O. The summed E-state index contributed by atoms with van der Waals surface area (Å²) in [6.07, 6.45) is -4.66. The van der Waals surface area contributed by atoms with Gasteiger partial charge in [-0.05, 0) is 30.3 Å². The number of alkyl halides is 3. The molecule has 2 amide bonds. The Morgan fingerprint density at radius 1 is 1.12 bits per heavy atom. The molecule has 2 rings (SSSR count). The maximum Gasteiger partial charge on any atom is 0.417 e. The first-order chi connectivity index (χ1) is 11.1. The van der Waals surface area contributed by atoms with Crippen LogP contribution >= 0.6 is 23.2 Å². The second kappa shape index (κ2) is 6.86. The Kier molecular flexibility index (Phi) is 5.25. The lowest BCUT2D eigenvalue weighted by Gasteiger charge is -2.20. The van der Waals surface area contributed by atoms with Gasteiger partial charge in [-0.1, -0.05) is 29.3 Å². The lowest BCUT2D eigenvalue weighted by molar-refractivity contribution is -0.137. The topological polar surface area (TPSA) is 32.3 Å². The van der Waals surface area contributed by atoms with E-state index < -0.39 is 28.6 Å². The molecule has 0 spiro atoms. The normalized spacial score (nSPS) is 11.3. The van der Waals surface area contributed by atoms with Crippen LogP contribution in [-0.4, -0.2) is 13.1 Å². The Labute approximate surface area is 144 Å². The van der Waals surface area contributed by atoms with Crippen LogP contribution in [0.3, 0.4) is 0 Å².